The number of phenols is 1. The summed E-state index contributed by atoms with van der Waals surface area (Å²) < 4.78 is 1.03. The van der Waals surface area contributed by atoms with Crippen LogP contribution in [0.4, 0.5) is 17.1 Å². The standard InChI is InChI=1S/C17H20N6O4/c1-5-19-13-12(15(25)21-23(4)17(13)27)20-11-7-9(8-18)6-10(14(11)24)16(26)22(2)3/h6-7,19-20,24H,5H2,1-4H3,(H,21,25). The molecule has 0 saturated carbocycles. The summed E-state index contributed by atoms with van der Waals surface area (Å²) in [5, 5.41) is 27.6. The van der Waals surface area contributed by atoms with E-state index >= 15 is 0 Å². The van der Waals surface area contributed by atoms with E-state index in [1.54, 1.807) is 6.92 Å². The van der Waals surface area contributed by atoms with Gasteiger partial charge in [-0.3, -0.25) is 24.2 Å². The van der Waals surface area contributed by atoms with Gasteiger partial charge in [0.2, 0.25) is 0 Å². The van der Waals surface area contributed by atoms with Gasteiger partial charge in [0.15, 0.2) is 5.75 Å². The van der Waals surface area contributed by atoms with Crippen LogP contribution in [0.1, 0.15) is 22.8 Å². The van der Waals surface area contributed by atoms with Gasteiger partial charge >= 0.3 is 0 Å². The van der Waals surface area contributed by atoms with Crippen molar-refractivity contribution in [1.82, 2.24) is 14.7 Å². The summed E-state index contributed by atoms with van der Waals surface area (Å²) in [6.45, 7) is 2.13. The molecule has 1 heterocycles. The first kappa shape index (κ1) is 19.6. The smallest absolute Gasteiger partial charge is 0.290 e. The van der Waals surface area contributed by atoms with Gasteiger partial charge < -0.3 is 20.6 Å². The Morgan fingerprint density at radius 3 is 2.56 bits per heavy atom. The zero-order valence-electron chi connectivity index (χ0n) is 15.4. The molecule has 10 nitrogen and oxygen atoms in total. The van der Waals surface area contributed by atoms with E-state index < -0.39 is 22.8 Å². The highest BCUT2D eigenvalue weighted by atomic mass is 16.3. The van der Waals surface area contributed by atoms with Gasteiger partial charge in [-0.2, -0.15) is 5.26 Å². The van der Waals surface area contributed by atoms with E-state index in [0.29, 0.717) is 6.54 Å². The molecule has 2 aromatic rings. The van der Waals surface area contributed by atoms with Crippen molar-refractivity contribution in [3.05, 3.63) is 44.0 Å². The minimum Gasteiger partial charge on any atom is -0.505 e. The SMILES string of the molecule is CCNc1c(Nc2cc(C#N)cc(C(=O)N(C)C)c2O)c(=O)[nH]n(C)c1=O. The second-order valence-corrected chi connectivity index (χ2v) is 5.94. The average molecular weight is 372 g/mol. The van der Waals surface area contributed by atoms with E-state index in [0.717, 1.165) is 4.68 Å². The van der Waals surface area contributed by atoms with E-state index in [2.05, 4.69) is 15.7 Å². The van der Waals surface area contributed by atoms with E-state index in [1.807, 2.05) is 6.07 Å². The number of aromatic amines is 1. The van der Waals surface area contributed by atoms with Crippen LogP contribution in [0, 0.1) is 11.3 Å². The third kappa shape index (κ3) is 3.77. The number of nitrogens with zero attached hydrogens (tertiary/aromatic N) is 3. The highest BCUT2D eigenvalue weighted by molar-refractivity contribution is 5.99. The highest BCUT2D eigenvalue weighted by Crippen LogP contribution is 2.32. The molecule has 0 radical (unpaired) electrons. The number of nitrogens with one attached hydrogen (secondary N) is 3. The molecule has 1 aromatic heterocycles. The van der Waals surface area contributed by atoms with Crippen molar-refractivity contribution < 1.29 is 9.90 Å². The van der Waals surface area contributed by atoms with Gasteiger partial charge in [0.05, 0.1) is 22.9 Å². The monoisotopic (exact) mass is 372 g/mol. The van der Waals surface area contributed by atoms with Gasteiger partial charge in [0.25, 0.3) is 17.0 Å². The Morgan fingerprint density at radius 2 is 2.00 bits per heavy atom. The minimum atomic E-state index is -0.615. The van der Waals surface area contributed by atoms with Crippen molar-refractivity contribution in [3.63, 3.8) is 0 Å². The van der Waals surface area contributed by atoms with Crippen LogP contribution in [0.3, 0.4) is 0 Å². The molecule has 0 atom stereocenters. The predicted octanol–water partition coefficient (Wildman–Crippen LogP) is 0.528. The first-order chi connectivity index (χ1) is 12.7. The fraction of sp³-hybridized carbons (Fsp3) is 0.294. The Hall–Kier alpha value is -3.74. The molecule has 0 aliphatic rings. The number of aryl methyl sites for hydroxylation is 1. The molecule has 142 valence electrons. The van der Waals surface area contributed by atoms with E-state index in [4.69, 9.17) is 0 Å². The summed E-state index contributed by atoms with van der Waals surface area (Å²) in [6, 6.07) is 4.44. The average Bonchev–Trinajstić information content (AvgIpc) is 2.63. The Kier molecular flexibility index (Phi) is 5.55. The maximum atomic E-state index is 12.3. The molecule has 0 unspecified atom stereocenters. The zero-order valence-corrected chi connectivity index (χ0v) is 15.4. The van der Waals surface area contributed by atoms with Crippen LogP contribution in [0.5, 0.6) is 5.75 Å². The summed E-state index contributed by atoms with van der Waals surface area (Å²) >= 11 is 0. The summed E-state index contributed by atoms with van der Waals surface area (Å²) in [6.07, 6.45) is 0. The molecule has 0 saturated heterocycles. The number of hydrogen-bond donors (Lipinski definition) is 4. The summed E-state index contributed by atoms with van der Waals surface area (Å²) in [4.78, 5) is 38.2. The topological polar surface area (TPSA) is 143 Å². The number of amides is 1. The quantitative estimate of drug-likeness (QED) is 0.560. The number of carbonyl (C=O) groups excluding carboxylic acids is 1. The Balaban J connectivity index is 2.69. The van der Waals surface area contributed by atoms with Gasteiger partial charge in [-0.05, 0) is 19.1 Å². The molecular weight excluding hydrogens is 352 g/mol. The number of anilines is 3. The maximum absolute atomic E-state index is 12.3. The van der Waals surface area contributed by atoms with Gasteiger partial charge in [-0.25, -0.2) is 0 Å². The lowest BCUT2D eigenvalue weighted by Gasteiger charge is -2.17. The Bertz CT molecular complexity index is 1050. The first-order valence-corrected chi connectivity index (χ1v) is 8.04. The van der Waals surface area contributed by atoms with Gasteiger partial charge in [0, 0.05) is 27.7 Å². The van der Waals surface area contributed by atoms with Crippen molar-refractivity contribution in [2.45, 2.75) is 6.92 Å². The van der Waals surface area contributed by atoms with E-state index in [-0.39, 0.29) is 28.2 Å². The zero-order chi connectivity index (χ0) is 20.3. The number of carbonyl (C=O) groups is 1. The summed E-state index contributed by atoms with van der Waals surface area (Å²) in [7, 11) is 4.40. The highest BCUT2D eigenvalue weighted by Gasteiger charge is 2.21. The molecule has 27 heavy (non-hydrogen) atoms. The number of rotatable bonds is 5. The number of H-pyrrole nitrogens is 1. The van der Waals surface area contributed by atoms with Crippen LogP contribution >= 0.6 is 0 Å². The number of aromatic nitrogens is 2. The van der Waals surface area contributed by atoms with Crippen molar-refractivity contribution in [2.24, 2.45) is 7.05 Å². The molecule has 0 fully saturated rings. The maximum Gasteiger partial charge on any atom is 0.290 e. The lowest BCUT2D eigenvalue weighted by Crippen LogP contribution is -2.32. The van der Waals surface area contributed by atoms with Gasteiger partial charge in [-0.1, -0.05) is 0 Å². The molecular formula is C17H20N6O4. The normalized spacial score (nSPS) is 10.2. The Labute approximate surface area is 154 Å². The second-order valence-electron chi connectivity index (χ2n) is 5.94. The minimum absolute atomic E-state index is 0.00555. The number of nitriles is 1. The molecule has 1 amide bonds. The lowest BCUT2D eigenvalue weighted by atomic mass is 10.1. The predicted molar refractivity (Wildman–Crippen MR) is 101 cm³/mol. The lowest BCUT2D eigenvalue weighted by molar-refractivity contribution is 0.0824. The fourth-order valence-electron chi connectivity index (χ4n) is 2.44. The number of aromatic hydroxyl groups is 1. The molecule has 0 bridgehead atoms. The van der Waals surface area contributed by atoms with Crippen molar-refractivity contribution in [1.29, 1.82) is 5.26 Å². The number of benzene rings is 1. The largest absolute Gasteiger partial charge is 0.505 e. The van der Waals surface area contributed by atoms with Crippen molar-refractivity contribution in [3.8, 4) is 11.8 Å². The third-order valence-electron chi connectivity index (χ3n) is 3.75. The number of hydrogen-bond acceptors (Lipinski definition) is 7. The molecule has 0 aliphatic heterocycles. The Morgan fingerprint density at radius 1 is 1.33 bits per heavy atom. The van der Waals surface area contributed by atoms with Gasteiger partial charge in [-0.15, -0.1) is 0 Å². The number of phenolic OH excluding ortho intramolecular Hbond substituents is 1. The van der Waals surface area contributed by atoms with E-state index in [1.165, 1.54) is 38.2 Å². The van der Waals surface area contributed by atoms with Crippen LogP contribution < -0.4 is 21.8 Å². The molecule has 0 spiro atoms. The molecule has 4 N–H and O–H groups in total. The van der Waals surface area contributed by atoms with Crippen LogP contribution in [0.2, 0.25) is 0 Å². The third-order valence-corrected chi connectivity index (χ3v) is 3.75. The fourth-order valence-corrected chi connectivity index (χ4v) is 2.44. The van der Waals surface area contributed by atoms with Crippen molar-refractivity contribution in [2.75, 3.05) is 31.3 Å². The first-order valence-electron chi connectivity index (χ1n) is 8.04. The molecule has 2 rings (SSSR count). The van der Waals surface area contributed by atoms with Crippen LogP contribution in [-0.2, 0) is 7.05 Å². The van der Waals surface area contributed by atoms with Crippen LogP contribution in [0.25, 0.3) is 0 Å². The molecule has 0 aliphatic carbocycles. The summed E-state index contributed by atoms with van der Waals surface area (Å²) in [5.41, 5.74) is -1.27. The summed E-state index contributed by atoms with van der Waals surface area (Å²) in [5.74, 6) is -0.951. The van der Waals surface area contributed by atoms with Crippen LogP contribution in [-0.4, -0.2) is 46.3 Å². The van der Waals surface area contributed by atoms with Crippen molar-refractivity contribution >= 4 is 23.0 Å². The van der Waals surface area contributed by atoms with Crippen LogP contribution in [0.15, 0.2) is 21.7 Å². The second kappa shape index (κ2) is 7.65. The van der Waals surface area contributed by atoms with E-state index in [9.17, 15) is 24.8 Å². The molecule has 10 heteroatoms. The molecule has 1 aromatic carbocycles. The van der Waals surface area contributed by atoms with Gasteiger partial charge in [0.1, 0.15) is 11.4 Å².